The quantitative estimate of drug-likeness (QED) is 0.800. The fourth-order valence-corrected chi connectivity index (χ4v) is 3.18. The third-order valence-corrected chi connectivity index (χ3v) is 4.28. The van der Waals surface area contributed by atoms with Crippen molar-refractivity contribution in [3.63, 3.8) is 0 Å². The number of aromatic nitrogens is 1. The molecule has 1 aromatic heterocycles. The van der Waals surface area contributed by atoms with E-state index in [0.29, 0.717) is 22.9 Å². The summed E-state index contributed by atoms with van der Waals surface area (Å²) < 4.78 is 43.5. The summed E-state index contributed by atoms with van der Waals surface area (Å²) in [6.07, 6.45) is -4.45. The number of alkyl halides is 3. The highest BCUT2D eigenvalue weighted by atomic mass is 32.2. The molecule has 0 aliphatic carbocycles. The van der Waals surface area contributed by atoms with Crippen LogP contribution in [0, 0.1) is 6.92 Å². The molecule has 2 heterocycles. The Morgan fingerprint density at radius 1 is 1.36 bits per heavy atom. The topological polar surface area (TPSA) is 46.3 Å². The Hall–Kier alpha value is -1.96. The van der Waals surface area contributed by atoms with Crippen LogP contribution in [0.4, 0.5) is 18.9 Å². The molecule has 3 rings (SSSR count). The number of amides is 1. The summed E-state index contributed by atoms with van der Waals surface area (Å²) in [5, 5.41) is 3.64. The normalized spacial score (nSPS) is 14.8. The number of hydrogen-bond acceptors (Lipinski definition) is 4. The van der Waals surface area contributed by atoms with Gasteiger partial charge in [0.1, 0.15) is 0 Å². The highest BCUT2D eigenvalue weighted by Gasteiger charge is 2.34. The van der Waals surface area contributed by atoms with Crippen molar-refractivity contribution in [2.75, 3.05) is 17.2 Å². The number of carbonyl (C=O) groups excluding carboxylic acids is 1. The number of anilines is 1. The Kier molecular flexibility index (Phi) is 3.64. The molecule has 1 aliphatic rings. The van der Waals surface area contributed by atoms with E-state index >= 15 is 0 Å². The van der Waals surface area contributed by atoms with Crippen molar-refractivity contribution < 1.29 is 22.5 Å². The summed E-state index contributed by atoms with van der Waals surface area (Å²) in [6, 6.07) is 4.90. The van der Waals surface area contributed by atoms with Gasteiger partial charge >= 0.3 is 6.18 Å². The Morgan fingerprint density at radius 3 is 2.77 bits per heavy atom. The van der Waals surface area contributed by atoms with E-state index < -0.39 is 17.6 Å². The minimum atomic E-state index is -4.45. The van der Waals surface area contributed by atoms with E-state index in [1.54, 1.807) is 6.92 Å². The average molecular weight is 328 g/mol. The molecule has 0 spiro atoms. The van der Waals surface area contributed by atoms with E-state index in [1.807, 2.05) is 0 Å². The smallest absolute Gasteiger partial charge is 0.351 e. The van der Waals surface area contributed by atoms with Crippen molar-refractivity contribution in [3.05, 3.63) is 41.3 Å². The van der Waals surface area contributed by atoms with Crippen LogP contribution < -0.4 is 4.90 Å². The third kappa shape index (κ3) is 2.70. The zero-order chi connectivity index (χ0) is 15.9. The van der Waals surface area contributed by atoms with E-state index in [1.165, 1.54) is 28.8 Å². The van der Waals surface area contributed by atoms with E-state index in [2.05, 4.69) is 5.16 Å². The second-order valence-corrected chi connectivity index (χ2v) is 5.95. The maximum absolute atomic E-state index is 12.9. The molecule has 0 saturated heterocycles. The van der Waals surface area contributed by atoms with Crippen LogP contribution in [0.5, 0.6) is 0 Å². The molecular formula is C14H11F3N2O2S. The predicted octanol–water partition coefficient (Wildman–Crippen LogP) is 3.75. The number of benzene rings is 1. The van der Waals surface area contributed by atoms with Crippen molar-refractivity contribution in [2.24, 2.45) is 0 Å². The van der Waals surface area contributed by atoms with Crippen molar-refractivity contribution in [1.29, 1.82) is 0 Å². The van der Waals surface area contributed by atoms with Gasteiger partial charge in [-0.3, -0.25) is 4.79 Å². The molecule has 0 fully saturated rings. The zero-order valence-electron chi connectivity index (χ0n) is 11.5. The molecule has 0 radical (unpaired) electrons. The lowest BCUT2D eigenvalue weighted by Gasteiger charge is -2.28. The Morgan fingerprint density at radius 2 is 2.14 bits per heavy atom. The van der Waals surface area contributed by atoms with Crippen LogP contribution in [0.2, 0.25) is 0 Å². The molecule has 0 N–H and O–H groups in total. The maximum atomic E-state index is 12.9. The first-order valence-electron chi connectivity index (χ1n) is 6.45. The molecule has 1 amide bonds. The molecule has 0 unspecified atom stereocenters. The molecule has 0 atom stereocenters. The minimum absolute atomic E-state index is 0.0211. The molecule has 1 aromatic carbocycles. The van der Waals surface area contributed by atoms with Gasteiger partial charge in [-0.15, -0.1) is 11.8 Å². The van der Waals surface area contributed by atoms with Gasteiger partial charge in [0, 0.05) is 23.3 Å². The Balaban J connectivity index is 2.01. The predicted molar refractivity (Wildman–Crippen MR) is 75.1 cm³/mol. The van der Waals surface area contributed by atoms with Gasteiger partial charge in [-0.2, -0.15) is 13.2 Å². The van der Waals surface area contributed by atoms with Gasteiger partial charge in [0.05, 0.1) is 16.9 Å². The van der Waals surface area contributed by atoms with Crippen LogP contribution in [0.15, 0.2) is 33.7 Å². The van der Waals surface area contributed by atoms with Gasteiger partial charge in [0.25, 0.3) is 5.91 Å². The molecule has 8 heteroatoms. The van der Waals surface area contributed by atoms with Gasteiger partial charge < -0.3 is 9.42 Å². The highest BCUT2D eigenvalue weighted by Crippen LogP contribution is 2.40. The highest BCUT2D eigenvalue weighted by molar-refractivity contribution is 7.99. The van der Waals surface area contributed by atoms with Crippen LogP contribution in [0.3, 0.4) is 0 Å². The van der Waals surface area contributed by atoms with Gasteiger partial charge in [0.15, 0.2) is 0 Å². The number of thioether (sulfide) groups is 1. The lowest BCUT2D eigenvalue weighted by atomic mass is 10.1. The van der Waals surface area contributed by atoms with Crippen molar-refractivity contribution in [1.82, 2.24) is 5.16 Å². The molecular weight excluding hydrogens is 317 g/mol. The molecule has 2 aromatic rings. The second kappa shape index (κ2) is 5.35. The zero-order valence-corrected chi connectivity index (χ0v) is 12.3. The SMILES string of the molecule is Cc1cc(C(=O)N2CCSc3ccc(C(F)(F)F)cc32)on1. The van der Waals surface area contributed by atoms with Crippen LogP contribution in [0.1, 0.15) is 21.8 Å². The average Bonchev–Trinajstić information content (AvgIpc) is 2.91. The van der Waals surface area contributed by atoms with Gasteiger partial charge in [0.2, 0.25) is 5.76 Å². The van der Waals surface area contributed by atoms with Gasteiger partial charge in [-0.1, -0.05) is 5.16 Å². The monoisotopic (exact) mass is 328 g/mol. The molecule has 22 heavy (non-hydrogen) atoms. The molecule has 0 saturated carbocycles. The van der Waals surface area contributed by atoms with Crippen LogP contribution in [-0.4, -0.2) is 23.4 Å². The summed E-state index contributed by atoms with van der Waals surface area (Å²) in [7, 11) is 0. The Labute approximate surface area is 128 Å². The number of fused-ring (bicyclic) bond motifs is 1. The van der Waals surface area contributed by atoms with E-state index in [4.69, 9.17) is 4.52 Å². The van der Waals surface area contributed by atoms with Gasteiger partial charge in [-0.25, -0.2) is 0 Å². The molecule has 1 aliphatic heterocycles. The first-order chi connectivity index (χ1) is 10.4. The van der Waals surface area contributed by atoms with Crippen molar-refractivity contribution in [2.45, 2.75) is 18.0 Å². The van der Waals surface area contributed by atoms with Crippen LogP contribution >= 0.6 is 11.8 Å². The minimum Gasteiger partial charge on any atom is -0.351 e. The fourth-order valence-electron chi connectivity index (χ4n) is 2.20. The number of nitrogens with zero attached hydrogens (tertiary/aromatic N) is 2. The fraction of sp³-hybridized carbons (Fsp3) is 0.286. The van der Waals surface area contributed by atoms with Crippen molar-refractivity contribution >= 4 is 23.4 Å². The Bertz CT molecular complexity index is 727. The number of hydrogen-bond donors (Lipinski definition) is 0. The largest absolute Gasteiger partial charge is 0.416 e. The van der Waals surface area contributed by atoms with Gasteiger partial charge in [-0.05, 0) is 25.1 Å². The number of aryl methyl sites for hydroxylation is 1. The van der Waals surface area contributed by atoms with Crippen molar-refractivity contribution in [3.8, 4) is 0 Å². The lowest BCUT2D eigenvalue weighted by molar-refractivity contribution is -0.137. The maximum Gasteiger partial charge on any atom is 0.416 e. The lowest BCUT2D eigenvalue weighted by Crippen LogP contribution is -2.35. The number of halogens is 3. The summed E-state index contributed by atoms with van der Waals surface area (Å²) >= 11 is 1.42. The molecule has 116 valence electrons. The summed E-state index contributed by atoms with van der Waals surface area (Å²) in [4.78, 5) is 14.4. The summed E-state index contributed by atoms with van der Waals surface area (Å²) in [6.45, 7) is 1.99. The summed E-state index contributed by atoms with van der Waals surface area (Å²) in [5.41, 5.74) is 0.0180. The first kappa shape index (κ1) is 15.0. The number of carbonyl (C=O) groups is 1. The number of rotatable bonds is 1. The van der Waals surface area contributed by atoms with Crippen LogP contribution in [0.25, 0.3) is 0 Å². The van der Waals surface area contributed by atoms with E-state index in [-0.39, 0.29) is 11.4 Å². The van der Waals surface area contributed by atoms with E-state index in [9.17, 15) is 18.0 Å². The second-order valence-electron chi connectivity index (χ2n) is 4.82. The summed E-state index contributed by atoms with van der Waals surface area (Å²) in [5.74, 6) is 0.145. The standard InChI is InChI=1S/C14H11F3N2O2S/c1-8-6-11(21-18-8)13(20)19-4-5-22-12-3-2-9(7-10(12)19)14(15,16)17/h2-3,6-7H,4-5H2,1H3. The van der Waals surface area contributed by atoms with E-state index in [0.717, 1.165) is 12.1 Å². The first-order valence-corrected chi connectivity index (χ1v) is 7.44. The third-order valence-electron chi connectivity index (χ3n) is 3.23. The van der Waals surface area contributed by atoms with Crippen LogP contribution in [-0.2, 0) is 6.18 Å². The molecule has 4 nitrogen and oxygen atoms in total. The molecule has 0 bridgehead atoms.